The van der Waals surface area contributed by atoms with Crippen LogP contribution >= 0.6 is 27.3 Å². The van der Waals surface area contributed by atoms with Crippen molar-refractivity contribution < 1.29 is 4.79 Å². The second-order valence-corrected chi connectivity index (χ2v) is 7.22. The molecule has 1 N–H and O–H groups in total. The van der Waals surface area contributed by atoms with Crippen LogP contribution in [0.5, 0.6) is 0 Å². The van der Waals surface area contributed by atoms with Crippen molar-refractivity contribution in [2.45, 2.75) is 26.2 Å². The Morgan fingerprint density at radius 1 is 1.30 bits per heavy atom. The fourth-order valence-electron chi connectivity index (χ4n) is 1.97. The van der Waals surface area contributed by atoms with Crippen molar-refractivity contribution in [1.82, 2.24) is 5.32 Å². The van der Waals surface area contributed by atoms with E-state index in [4.69, 9.17) is 0 Å². The maximum atomic E-state index is 12.3. The average Bonchev–Trinajstić information content (AvgIpc) is 2.94. The molecule has 0 unspecified atom stereocenters. The number of hydrogen-bond acceptors (Lipinski definition) is 2. The summed E-state index contributed by atoms with van der Waals surface area (Å²) in [6.07, 6.45) is 0. The van der Waals surface area contributed by atoms with Gasteiger partial charge in [-0.15, -0.1) is 11.3 Å². The third-order valence-corrected chi connectivity index (χ3v) is 5.60. The minimum Gasteiger partial charge on any atom is -0.351 e. The number of rotatable bonds is 4. The average molecular weight is 352 g/mol. The number of thiophene rings is 1. The topological polar surface area (TPSA) is 29.1 Å². The Hall–Kier alpha value is -1.13. The Morgan fingerprint density at radius 2 is 2.05 bits per heavy atom. The van der Waals surface area contributed by atoms with E-state index in [0.717, 1.165) is 10.0 Å². The molecule has 0 bridgehead atoms. The first-order valence-electron chi connectivity index (χ1n) is 6.49. The maximum absolute atomic E-state index is 12.3. The lowest BCUT2D eigenvalue weighted by atomic mass is 9.91. The van der Waals surface area contributed by atoms with Gasteiger partial charge in [0.1, 0.15) is 0 Å². The first-order valence-corrected chi connectivity index (χ1v) is 8.16. The summed E-state index contributed by atoms with van der Waals surface area (Å²) in [5.74, 6) is -0.0368. The number of carbonyl (C=O) groups excluding carboxylic acids is 1. The highest BCUT2D eigenvalue weighted by Crippen LogP contribution is 2.27. The van der Waals surface area contributed by atoms with Gasteiger partial charge in [-0.3, -0.25) is 4.79 Å². The molecule has 0 saturated carbocycles. The minimum absolute atomic E-state index is 0.0368. The van der Waals surface area contributed by atoms with Crippen LogP contribution in [0.3, 0.4) is 0 Å². The molecule has 2 nitrogen and oxygen atoms in total. The molecule has 0 aliphatic rings. The van der Waals surface area contributed by atoms with Gasteiger partial charge < -0.3 is 5.32 Å². The largest absolute Gasteiger partial charge is 0.351 e. The Balaban J connectivity index is 2.08. The molecule has 0 aliphatic carbocycles. The molecular weight excluding hydrogens is 334 g/mol. The van der Waals surface area contributed by atoms with Crippen molar-refractivity contribution in [1.29, 1.82) is 0 Å². The van der Waals surface area contributed by atoms with Gasteiger partial charge in [-0.1, -0.05) is 32.0 Å². The lowest BCUT2D eigenvalue weighted by molar-refractivity contribution is 0.0945. The Labute approximate surface area is 132 Å². The summed E-state index contributed by atoms with van der Waals surface area (Å²) in [5, 5.41) is 5.10. The molecule has 1 aromatic carbocycles. The lowest BCUT2D eigenvalue weighted by Crippen LogP contribution is -2.36. The van der Waals surface area contributed by atoms with Gasteiger partial charge >= 0.3 is 0 Å². The highest BCUT2D eigenvalue weighted by Gasteiger charge is 2.23. The monoisotopic (exact) mass is 351 g/mol. The van der Waals surface area contributed by atoms with Crippen LogP contribution in [-0.2, 0) is 5.41 Å². The lowest BCUT2D eigenvalue weighted by Gasteiger charge is -2.23. The molecular formula is C16H18BrNOS. The van der Waals surface area contributed by atoms with E-state index >= 15 is 0 Å². The zero-order valence-electron chi connectivity index (χ0n) is 11.9. The van der Waals surface area contributed by atoms with Crippen molar-refractivity contribution in [3.8, 4) is 0 Å². The van der Waals surface area contributed by atoms with Crippen LogP contribution in [0, 0.1) is 6.92 Å². The van der Waals surface area contributed by atoms with E-state index in [1.54, 1.807) is 11.3 Å². The number of hydrogen-bond donors (Lipinski definition) is 1. The molecule has 0 saturated heterocycles. The zero-order valence-corrected chi connectivity index (χ0v) is 14.3. The van der Waals surface area contributed by atoms with E-state index in [0.29, 0.717) is 12.1 Å². The van der Waals surface area contributed by atoms with Gasteiger partial charge in [-0.2, -0.15) is 0 Å². The summed E-state index contributed by atoms with van der Waals surface area (Å²) in [7, 11) is 0. The summed E-state index contributed by atoms with van der Waals surface area (Å²) in [6, 6.07) is 9.88. The predicted octanol–water partition coefficient (Wildman–Crippen LogP) is 4.53. The van der Waals surface area contributed by atoms with E-state index < -0.39 is 0 Å². The van der Waals surface area contributed by atoms with E-state index in [9.17, 15) is 4.79 Å². The van der Waals surface area contributed by atoms with E-state index in [2.05, 4.69) is 46.5 Å². The van der Waals surface area contributed by atoms with Crippen LogP contribution in [0.15, 0.2) is 40.2 Å². The third-order valence-electron chi connectivity index (χ3n) is 3.32. The molecule has 1 amide bonds. The predicted molar refractivity (Wildman–Crippen MR) is 88.6 cm³/mol. The molecule has 0 aliphatic heterocycles. The van der Waals surface area contributed by atoms with Crippen molar-refractivity contribution in [2.75, 3.05) is 6.54 Å². The fraction of sp³-hybridized carbons (Fsp3) is 0.312. The number of amides is 1. The molecule has 0 radical (unpaired) electrons. The van der Waals surface area contributed by atoms with Crippen molar-refractivity contribution in [2.24, 2.45) is 0 Å². The number of benzene rings is 1. The van der Waals surface area contributed by atoms with Crippen molar-refractivity contribution >= 4 is 33.2 Å². The molecule has 1 aromatic heterocycles. The molecule has 0 fully saturated rings. The molecule has 1 heterocycles. The molecule has 2 rings (SSSR count). The van der Waals surface area contributed by atoms with Crippen LogP contribution in [0.4, 0.5) is 0 Å². The summed E-state index contributed by atoms with van der Waals surface area (Å²) in [6.45, 7) is 6.89. The smallest absolute Gasteiger partial charge is 0.252 e. The first-order chi connectivity index (χ1) is 9.42. The second kappa shape index (κ2) is 6.10. The molecule has 0 atom stereocenters. The molecule has 20 heavy (non-hydrogen) atoms. The van der Waals surface area contributed by atoms with Crippen molar-refractivity contribution in [3.05, 3.63) is 56.2 Å². The van der Waals surface area contributed by atoms with Gasteiger partial charge in [0, 0.05) is 21.3 Å². The van der Waals surface area contributed by atoms with Gasteiger partial charge in [0.25, 0.3) is 5.91 Å². The van der Waals surface area contributed by atoms with Crippen LogP contribution in [0.2, 0.25) is 0 Å². The normalized spacial score (nSPS) is 11.4. The van der Waals surface area contributed by atoms with Crippen LogP contribution in [0.1, 0.15) is 34.6 Å². The molecule has 0 spiro atoms. The molecule has 106 valence electrons. The number of aryl methyl sites for hydroxylation is 1. The highest BCUT2D eigenvalue weighted by molar-refractivity contribution is 9.10. The summed E-state index contributed by atoms with van der Waals surface area (Å²) >= 11 is 5.20. The second-order valence-electron chi connectivity index (χ2n) is 5.48. The zero-order chi connectivity index (χ0) is 14.8. The number of halogens is 1. The third kappa shape index (κ3) is 3.30. The standard InChI is InChI=1S/C16H18BrNOS/c1-11-6-4-7-12(14(11)17)15(19)18-10-16(2,3)13-8-5-9-20-13/h4-9H,10H2,1-3H3,(H,18,19). The summed E-state index contributed by atoms with van der Waals surface area (Å²) in [5.41, 5.74) is 1.70. The fourth-order valence-corrected chi connectivity index (χ4v) is 3.27. The summed E-state index contributed by atoms with van der Waals surface area (Å²) < 4.78 is 0.867. The van der Waals surface area contributed by atoms with Gasteiger partial charge in [-0.25, -0.2) is 0 Å². The summed E-state index contributed by atoms with van der Waals surface area (Å²) in [4.78, 5) is 13.6. The van der Waals surface area contributed by atoms with E-state index in [1.165, 1.54) is 4.88 Å². The quantitative estimate of drug-likeness (QED) is 0.861. The van der Waals surface area contributed by atoms with Crippen LogP contribution in [-0.4, -0.2) is 12.5 Å². The SMILES string of the molecule is Cc1cccc(C(=O)NCC(C)(C)c2cccs2)c1Br. The van der Waals surface area contributed by atoms with Gasteiger partial charge in [0.2, 0.25) is 0 Å². The Kier molecular flexibility index (Phi) is 4.66. The van der Waals surface area contributed by atoms with Crippen LogP contribution < -0.4 is 5.32 Å². The van der Waals surface area contributed by atoms with Gasteiger partial charge in [-0.05, 0) is 45.9 Å². The number of nitrogens with one attached hydrogen (secondary N) is 1. The Bertz CT molecular complexity index is 605. The van der Waals surface area contributed by atoms with E-state index in [-0.39, 0.29) is 11.3 Å². The highest BCUT2D eigenvalue weighted by atomic mass is 79.9. The Morgan fingerprint density at radius 3 is 2.70 bits per heavy atom. The minimum atomic E-state index is -0.0554. The number of carbonyl (C=O) groups is 1. The van der Waals surface area contributed by atoms with Crippen molar-refractivity contribution in [3.63, 3.8) is 0 Å². The van der Waals surface area contributed by atoms with Gasteiger partial charge in [0.05, 0.1) is 5.56 Å². The maximum Gasteiger partial charge on any atom is 0.252 e. The molecule has 4 heteroatoms. The van der Waals surface area contributed by atoms with E-state index in [1.807, 2.05) is 31.2 Å². The molecule has 2 aromatic rings. The van der Waals surface area contributed by atoms with Crippen LogP contribution in [0.25, 0.3) is 0 Å². The first kappa shape index (κ1) is 15.3. The van der Waals surface area contributed by atoms with Gasteiger partial charge in [0.15, 0.2) is 0 Å².